The number of rotatable bonds is 8. The van der Waals surface area contributed by atoms with Crippen LogP contribution in [0.4, 0.5) is 5.69 Å². The van der Waals surface area contributed by atoms with Crippen molar-refractivity contribution in [3.63, 3.8) is 0 Å². The number of hydrogen-bond donors (Lipinski definition) is 1. The van der Waals surface area contributed by atoms with Gasteiger partial charge in [-0.15, -0.1) is 10.2 Å². The van der Waals surface area contributed by atoms with Gasteiger partial charge in [0.05, 0.1) is 5.69 Å². The molecule has 1 aromatic heterocycles. The lowest BCUT2D eigenvalue weighted by Gasteiger charge is -2.17. The SMILES string of the molecule is CN(C)S(=O)(=O)Nc1cccc(-c2ccc(-c3nncn3C[C@@H]3CCN(C(=O)C4CC4)C3)cc2)c1. The molecular weight excluding hydrogens is 464 g/mol. The van der Waals surface area contributed by atoms with E-state index in [0.29, 0.717) is 17.5 Å². The molecule has 2 heterocycles. The molecule has 35 heavy (non-hydrogen) atoms. The first kappa shape index (κ1) is 23.5. The minimum absolute atomic E-state index is 0.270. The second-order valence-electron chi connectivity index (χ2n) is 9.57. The van der Waals surface area contributed by atoms with Gasteiger partial charge in [-0.3, -0.25) is 9.52 Å². The number of amides is 1. The smallest absolute Gasteiger partial charge is 0.301 e. The van der Waals surface area contributed by atoms with Crippen LogP contribution in [0.15, 0.2) is 54.9 Å². The van der Waals surface area contributed by atoms with Crippen molar-refractivity contribution in [3.8, 4) is 22.5 Å². The number of likely N-dealkylation sites (tertiary alicyclic amines) is 1. The van der Waals surface area contributed by atoms with Crippen molar-refractivity contribution in [1.82, 2.24) is 24.0 Å². The van der Waals surface area contributed by atoms with Gasteiger partial charge in [-0.25, -0.2) is 0 Å². The van der Waals surface area contributed by atoms with Crippen molar-refractivity contribution in [2.75, 3.05) is 31.9 Å². The van der Waals surface area contributed by atoms with E-state index in [2.05, 4.69) is 19.5 Å². The lowest BCUT2D eigenvalue weighted by molar-refractivity contribution is -0.131. The third kappa shape index (κ3) is 5.23. The number of carbonyl (C=O) groups excluding carboxylic acids is 1. The van der Waals surface area contributed by atoms with Gasteiger partial charge < -0.3 is 9.47 Å². The molecule has 9 nitrogen and oxygen atoms in total. The van der Waals surface area contributed by atoms with E-state index in [1.165, 1.54) is 14.1 Å². The number of nitrogens with one attached hydrogen (secondary N) is 1. The second-order valence-corrected chi connectivity index (χ2v) is 11.5. The van der Waals surface area contributed by atoms with Gasteiger partial charge in [0.2, 0.25) is 5.91 Å². The maximum Gasteiger partial charge on any atom is 0.301 e. The topological polar surface area (TPSA) is 100 Å². The van der Waals surface area contributed by atoms with Crippen LogP contribution in [0.3, 0.4) is 0 Å². The van der Waals surface area contributed by atoms with Gasteiger partial charge >= 0.3 is 10.2 Å². The van der Waals surface area contributed by atoms with E-state index in [1.807, 2.05) is 47.4 Å². The molecule has 1 aliphatic carbocycles. The molecule has 10 heteroatoms. The van der Waals surface area contributed by atoms with Gasteiger partial charge in [-0.2, -0.15) is 12.7 Å². The first-order valence-corrected chi connectivity index (χ1v) is 13.3. The zero-order chi connectivity index (χ0) is 24.6. The van der Waals surface area contributed by atoms with Crippen LogP contribution in [-0.2, 0) is 21.5 Å². The van der Waals surface area contributed by atoms with E-state index in [4.69, 9.17) is 0 Å². The van der Waals surface area contributed by atoms with E-state index in [0.717, 1.165) is 65.7 Å². The zero-order valence-electron chi connectivity index (χ0n) is 20.0. The Bertz CT molecular complexity index is 1310. The molecule has 1 saturated carbocycles. The monoisotopic (exact) mass is 494 g/mol. The molecule has 5 rings (SSSR count). The van der Waals surface area contributed by atoms with Crippen LogP contribution in [0.1, 0.15) is 19.3 Å². The predicted octanol–water partition coefficient (Wildman–Crippen LogP) is 3.09. The van der Waals surface area contributed by atoms with Gasteiger partial charge in [-0.1, -0.05) is 36.4 Å². The van der Waals surface area contributed by atoms with Gasteiger partial charge in [0, 0.05) is 45.2 Å². The van der Waals surface area contributed by atoms with Gasteiger partial charge in [0.25, 0.3) is 0 Å². The molecule has 1 amide bonds. The Labute approximate surface area is 206 Å². The van der Waals surface area contributed by atoms with Gasteiger partial charge in [-0.05, 0) is 48.4 Å². The Balaban J connectivity index is 1.28. The Morgan fingerprint density at radius 3 is 2.51 bits per heavy atom. The fourth-order valence-corrected chi connectivity index (χ4v) is 5.08. The van der Waals surface area contributed by atoms with Crippen molar-refractivity contribution in [3.05, 3.63) is 54.9 Å². The molecule has 2 fully saturated rings. The van der Waals surface area contributed by atoms with Crippen molar-refractivity contribution in [1.29, 1.82) is 0 Å². The number of anilines is 1. The molecule has 2 aromatic carbocycles. The Morgan fingerprint density at radius 1 is 1.06 bits per heavy atom. The highest BCUT2D eigenvalue weighted by molar-refractivity contribution is 7.90. The van der Waals surface area contributed by atoms with Crippen LogP contribution >= 0.6 is 0 Å². The Kier molecular flexibility index (Phi) is 6.33. The largest absolute Gasteiger partial charge is 0.342 e. The lowest BCUT2D eigenvalue weighted by atomic mass is 10.0. The fourth-order valence-electron chi connectivity index (χ4n) is 4.47. The summed E-state index contributed by atoms with van der Waals surface area (Å²) in [5.41, 5.74) is 3.34. The Morgan fingerprint density at radius 2 is 1.80 bits per heavy atom. The molecule has 3 aromatic rings. The zero-order valence-corrected chi connectivity index (χ0v) is 20.8. The van der Waals surface area contributed by atoms with Crippen LogP contribution in [-0.4, -0.2) is 65.5 Å². The average Bonchev–Trinajstić information content (AvgIpc) is 3.42. The van der Waals surface area contributed by atoms with E-state index in [1.54, 1.807) is 12.4 Å². The molecule has 1 saturated heterocycles. The van der Waals surface area contributed by atoms with Gasteiger partial charge in [0.1, 0.15) is 6.33 Å². The van der Waals surface area contributed by atoms with Crippen molar-refractivity contribution >= 4 is 21.8 Å². The highest BCUT2D eigenvalue weighted by atomic mass is 32.2. The molecule has 1 N–H and O–H groups in total. The average molecular weight is 495 g/mol. The molecule has 0 unspecified atom stereocenters. The number of aromatic nitrogens is 3. The summed E-state index contributed by atoms with van der Waals surface area (Å²) < 4.78 is 30.1. The highest BCUT2D eigenvalue weighted by Crippen LogP contribution is 2.33. The summed E-state index contributed by atoms with van der Waals surface area (Å²) in [4.78, 5) is 14.4. The summed E-state index contributed by atoms with van der Waals surface area (Å²) in [5, 5.41) is 8.48. The molecule has 1 atom stereocenters. The Hall–Kier alpha value is -3.24. The summed E-state index contributed by atoms with van der Waals surface area (Å²) in [6.07, 6.45) is 4.85. The van der Waals surface area contributed by atoms with Crippen molar-refractivity contribution in [2.24, 2.45) is 11.8 Å². The minimum Gasteiger partial charge on any atom is -0.342 e. The number of carbonyl (C=O) groups is 1. The molecule has 0 radical (unpaired) electrons. The molecule has 0 bridgehead atoms. The molecule has 0 spiro atoms. The normalized spacial score (nSPS) is 18.3. The molecular formula is C25H30N6O3S. The first-order chi connectivity index (χ1) is 16.8. The number of nitrogens with zero attached hydrogens (tertiary/aromatic N) is 5. The van der Waals surface area contributed by atoms with E-state index in [9.17, 15) is 13.2 Å². The number of hydrogen-bond acceptors (Lipinski definition) is 5. The van der Waals surface area contributed by atoms with E-state index < -0.39 is 10.2 Å². The maximum atomic E-state index is 12.4. The van der Waals surface area contributed by atoms with E-state index in [-0.39, 0.29) is 5.92 Å². The van der Waals surface area contributed by atoms with Gasteiger partial charge in [0.15, 0.2) is 5.82 Å². The third-order valence-corrected chi connectivity index (χ3v) is 8.12. The summed E-state index contributed by atoms with van der Waals surface area (Å²) in [6.45, 7) is 2.43. The summed E-state index contributed by atoms with van der Waals surface area (Å²) in [5.74, 6) is 1.80. The maximum absolute atomic E-state index is 12.4. The van der Waals surface area contributed by atoms with Crippen LogP contribution < -0.4 is 4.72 Å². The second kappa shape index (κ2) is 9.43. The fraction of sp³-hybridized carbons (Fsp3) is 0.400. The quantitative estimate of drug-likeness (QED) is 0.519. The summed E-state index contributed by atoms with van der Waals surface area (Å²) in [6, 6.07) is 15.3. The molecule has 1 aliphatic heterocycles. The highest BCUT2D eigenvalue weighted by Gasteiger charge is 2.36. The third-order valence-electron chi connectivity index (χ3n) is 6.66. The van der Waals surface area contributed by atoms with Crippen molar-refractivity contribution in [2.45, 2.75) is 25.8 Å². The van der Waals surface area contributed by atoms with Crippen LogP contribution in [0.5, 0.6) is 0 Å². The summed E-state index contributed by atoms with van der Waals surface area (Å²) >= 11 is 0. The number of benzene rings is 2. The van der Waals surface area contributed by atoms with Crippen molar-refractivity contribution < 1.29 is 13.2 Å². The minimum atomic E-state index is -3.57. The van der Waals surface area contributed by atoms with Crippen LogP contribution in [0, 0.1) is 11.8 Å². The first-order valence-electron chi connectivity index (χ1n) is 11.9. The predicted molar refractivity (Wildman–Crippen MR) is 135 cm³/mol. The molecule has 2 aliphatic rings. The summed E-state index contributed by atoms with van der Waals surface area (Å²) in [7, 11) is -0.595. The molecule has 184 valence electrons. The van der Waals surface area contributed by atoms with E-state index >= 15 is 0 Å². The van der Waals surface area contributed by atoms with Crippen LogP contribution in [0.25, 0.3) is 22.5 Å². The van der Waals surface area contributed by atoms with Crippen LogP contribution in [0.2, 0.25) is 0 Å². The standard InChI is InChI=1S/C25H30N6O3S/c1-29(2)35(33,34)28-23-5-3-4-22(14-23)19-6-8-20(9-7-19)24-27-26-17-31(24)16-18-12-13-30(15-18)25(32)21-10-11-21/h3-9,14,17-18,21,28H,10-13,15-16H2,1-2H3/t18-/m1/s1. The lowest BCUT2D eigenvalue weighted by Crippen LogP contribution is -2.30.